The number of hydrogen-bond acceptors (Lipinski definition) is 5. The fraction of sp³-hybridized carbons (Fsp3) is 0.472. The maximum Gasteiger partial charge on any atom is 0.251 e. The number of aliphatic hydroxyl groups is 1. The van der Waals surface area contributed by atoms with Crippen LogP contribution in [0.5, 0.6) is 5.75 Å². The van der Waals surface area contributed by atoms with E-state index in [9.17, 15) is 15.0 Å². The summed E-state index contributed by atoms with van der Waals surface area (Å²) in [6.45, 7) is 19.8. The number of aliphatic hydroxyl groups excluding tert-OH is 1. The summed E-state index contributed by atoms with van der Waals surface area (Å²) >= 11 is 0. The van der Waals surface area contributed by atoms with Crippen LogP contribution in [-0.4, -0.2) is 42.1 Å². The average Bonchev–Trinajstić information content (AvgIpc) is 2.90. The molecule has 0 radical (unpaired) electrons. The van der Waals surface area contributed by atoms with Gasteiger partial charge in [0.2, 0.25) is 0 Å². The van der Waals surface area contributed by atoms with E-state index in [0.717, 1.165) is 17.5 Å². The Balaban J connectivity index is 1.73. The van der Waals surface area contributed by atoms with Gasteiger partial charge in [0.15, 0.2) is 8.32 Å². The molecule has 4 N–H and O–H groups in total. The summed E-state index contributed by atoms with van der Waals surface area (Å²) in [6, 6.07) is 23.4. The monoisotopic (exact) mass is 604 g/mol. The van der Waals surface area contributed by atoms with Crippen molar-refractivity contribution in [2.75, 3.05) is 6.54 Å². The van der Waals surface area contributed by atoms with E-state index in [4.69, 9.17) is 4.43 Å². The number of benzene rings is 3. The van der Waals surface area contributed by atoms with Crippen LogP contribution in [0, 0.1) is 0 Å². The highest BCUT2D eigenvalue weighted by Crippen LogP contribution is 2.40. The summed E-state index contributed by atoms with van der Waals surface area (Å²) < 4.78 is 6.87. The Hall–Kier alpha value is -2.97. The molecule has 0 aliphatic heterocycles. The molecular formula is C36H52N2O4Si. The van der Waals surface area contributed by atoms with Crippen LogP contribution in [0.15, 0.2) is 72.8 Å². The van der Waals surface area contributed by atoms with E-state index in [2.05, 4.69) is 90.4 Å². The van der Waals surface area contributed by atoms with Crippen molar-refractivity contribution in [2.24, 2.45) is 0 Å². The molecule has 1 amide bonds. The number of rotatable bonds is 13. The highest BCUT2D eigenvalue weighted by atomic mass is 28.4. The lowest BCUT2D eigenvalue weighted by atomic mass is 9.92. The molecule has 0 aromatic heterocycles. The quantitative estimate of drug-likeness (QED) is 0.154. The van der Waals surface area contributed by atoms with Crippen LogP contribution in [0.1, 0.15) is 87.2 Å². The van der Waals surface area contributed by atoms with Crippen LogP contribution in [0.2, 0.25) is 18.1 Å². The Morgan fingerprint density at radius 2 is 1.47 bits per heavy atom. The second-order valence-electron chi connectivity index (χ2n) is 14.6. The number of nitrogens with one attached hydrogen (secondary N) is 2. The molecule has 6 nitrogen and oxygen atoms in total. The number of phenols is 1. The van der Waals surface area contributed by atoms with Crippen LogP contribution < -0.4 is 10.6 Å². The van der Waals surface area contributed by atoms with E-state index in [-0.39, 0.29) is 34.9 Å². The van der Waals surface area contributed by atoms with Gasteiger partial charge >= 0.3 is 0 Å². The lowest BCUT2D eigenvalue weighted by Gasteiger charge is -2.40. The molecule has 0 unspecified atom stereocenters. The van der Waals surface area contributed by atoms with Gasteiger partial charge < -0.3 is 25.3 Å². The lowest BCUT2D eigenvalue weighted by Crippen LogP contribution is -2.47. The second-order valence-corrected chi connectivity index (χ2v) is 19.3. The van der Waals surface area contributed by atoms with Gasteiger partial charge in [0.1, 0.15) is 5.75 Å². The maximum absolute atomic E-state index is 13.3. The molecule has 0 spiro atoms. The third kappa shape index (κ3) is 10.0. The summed E-state index contributed by atoms with van der Waals surface area (Å²) in [5.74, 6) is 0.00128. The summed E-state index contributed by atoms with van der Waals surface area (Å²) in [5, 5.41) is 26.9. The van der Waals surface area contributed by atoms with Gasteiger partial charge in [-0.1, -0.05) is 69.3 Å². The molecule has 0 saturated heterocycles. The largest absolute Gasteiger partial charge is 0.508 e. The van der Waals surface area contributed by atoms with E-state index >= 15 is 0 Å². The lowest BCUT2D eigenvalue weighted by molar-refractivity contribution is 0.0913. The van der Waals surface area contributed by atoms with Crippen LogP contribution in [0.25, 0.3) is 0 Å². The van der Waals surface area contributed by atoms with Gasteiger partial charge in [0.05, 0.1) is 12.7 Å². The molecule has 0 saturated carbocycles. The van der Waals surface area contributed by atoms with Crippen LogP contribution in [0.3, 0.4) is 0 Å². The number of amides is 1. The van der Waals surface area contributed by atoms with Gasteiger partial charge in [-0.2, -0.15) is 0 Å². The molecule has 234 valence electrons. The third-order valence-electron chi connectivity index (χ3n) is 8.43. The molecule has 0 heterocycles. The molecule has 3 aromatic carbocycles. The van der Waals surface area contributed by atoms with Crippen molar-refractivity contribution in [1.82, 2.24) is 10.6 Å². The Kier molecular flexibility index (Phi) is 11.1. The normalized spacial score (nSPS) is 13.5. The van der Waals surface area contributed by atoms with Gasteiger partial charge in [-0.3, -0.25) is 4.79 Å². The Bertz CT molecular complexity index is 1360. The first-order valence-corrected chi connectivity index (χ1v) is 18.1. The van der Waals surface area contributed by atoms with Crippen LogP contribution >= 0.6 is 0 Å². The Labute approximate surface area is 260 Å². The van der Waals surface area contributed by atoms with Crippen molar-refractivity contribution in [3.05, 3.63) is 101 Å². The molecule has 3 aromatic rings. The molecule has 3 rings (SSSR count). The van der Waals surface area contributed by atoms with E-state index in [1.807, 2.05) is 48.5 Å². The Morgan fingerprint density at radius 1 is 0.837 bits per heavy atom. The standard InChI is InChI=1S/C36H52N2O4Si/c1-34(2,3)43(8,9)42-32(28-18-19-31(40)30(21-28)25-39)24-37-35(4,5)23-27-16-13-17-29(20-27)33(41)38-36(6,7)22-26-14-11-10-12-15-26/h10-21,32,37,39-40H,22-25H2,1-9H3,(H,38,41)/t32-/m0/s1. The number of hydrogen-bond donors (Lipinski definition) is 4. The minimum absolute atomic E-state index is 0.0220. The average molecular weight is 605 g/mol. The first-order valence-electron chi connectivity index (χ1n) is 15.2. The topological polar surface area (TPSA) is 90.8 Å². The maximum atomic E-state index is 13.3. The molecule has 43 heavy (non-hydrogen) atoms. The smallest absolute Gasteiger partial charge is 0.251 e. The minimum atomic E-state index is -2.14. The highest BCUT2D eigenvalue weighted by Gasteiger charge is 2.40. The Morgan fingerprint density at radius 3 is 2.09 bits per heavy atom. The first kappa shape index (κ1) is 34.5. The predicted molar refractivity (Wildman–Crippen MR) is 179 cm³/mol. The van der Waals surface area contributed by atoms with Gasteiger partial charge in [-0.25, -0.2) is 0 Å². The van der Waals surface area contributed by atoms with Crippen LogP contribution in [0.4, 0.5) is 0 Å². The van der Waals surface area contributed by atoms with Crippen molar-refractivity contribution in [1.29, 1.82) is 0 Å². The number of carbonyl (C=O) groups excluding carboxylic acids is 1. The highest BCUT2D eigenvalue weighted by molar-refractivity contribution is 6.74. The summed E-state index contributed by atoms with van der Waals surface area (Å²) in [6.07, 6.45) is 1.20. The van der Waals surface area contributed by atoms with Gasteiger partial charge in [0.25, 0.3) is 5.91 Å². The van der Waals surface area contributed by atoms with Gasteiger partial charge in [-0.05, 0) is 99.6 Å². The zero-order valence-electron chi connectivity index (χ0n) is 27.5. The molecule has 7 heteroatoms. The first-order chi connectivity index (χ1) is 19.9. The van der Waals surface area contributed by atoms with E-state index < -0.39 is 13.9 Å². The van der Waals surface area contributed by atoms with E-state index in [1.54, 1.807) is 6.07 Å². The van der Waals surface area contributed by atoms with Crippen molar-refractivity contribution in [3.63, 3.8) is 0 Å². The zero-order chi connectivity index (χ0) is 32.1. The molecular weight excluding hydrogens is 552 g/mol. The second kappa shape index (κ2) is 13.8. The summed E-state index contributed by atoms with van der Waals surface area (Å²) in [4.78, 5) is 13.3. The van der Waals surface area contributed by atoms with Crippen LogP contribution in [-0.2, 0) is 23.9 Å². The fourth-order valence-corrected chi connectivity index (χ4v) is 6.27. The third-order valence-corrected chi connectivity index (χ3v) is 12.9. The molecule has 0 bridgehead atoms. The molecule has 0 fully saturated rings. The van der Waals surface area contributed by atoms with Crippen molar-refractivity contribution in [2.45, 2.75) is 103 Å². The predicted octanol–water partition coefficient (Wildman–Crippen LogP) is 7.31. The molecule has 0 aliphatic carbocycles. The number of carbonyl (C=O) groups is 1. The van der Waals surface area contributed by atoms with E-state index in [0.29, 0.717) is 24.1 Å². The summed E-state index contributed by atoms with van der Waals surface area (Å²) in [7, 11) is -2.14. The zero-order valence-corrected chi connectivity index (χ0v) is 28.5. The summed E-state index contributed by atoms with van der Waals surface area (Å²) in [5.41, 5.74) is 3.63. The fourth-order valence-electron chi connectivity index (χ4n) is 4.99. The SMILES string of the molecule is CC(C)(Cc1cccc(C(=O)NC(C)(C)Cc2ccccc2)c1)NC[C@H](O[Si](C)(C)C(C)(C)C)c1ccc(O)c(CO)c1. The van der Waals surface area contributed by atoms with Crippen molar-refractivity contribution < 1.29 is 19.4 Å². The molecule has 0 aliphatic rings. The van der Waals surface area contributed by atoms with Gasteiger partial charge in [-0.15, -0.1) is 0 Å². The minimum Gasteiger partial charge on any atom is -0.508 e. The van der Waals surface area contributed by atoms with Gasteiger partial charge in [0, 0.05) is 28.7 Å². The van der Waals surface area contributed by atoms with Crippen molar-refractivity contribution >= 4 is 14.2 Å². The van der Waals surface area contributed by atoms with E-state index in [1.165, 1.54) is 5.56 Å². The number of aromatic hydroxyl groups is 1. The van der Waals surface area contributed by atoms with Crippen molar-refractivity contribution in [3.8, 4) is 5.75 Å². The molecule has 1 atom stereocenters.